The molecule has 1 fully saturated rings. The van der Waals surface area contributed by atoms with Gasteiger partial charge in [-0.25, -0.2) is 0 Å². The van der Waals surface area contributed by atoms with Crippen molar-refractivity contribution >= 4 is 16.8 Å². The molecule has 24 heavy (non-hydrogen) atoms. The minimum atomic E-state index is -0.380. The molecule has 2 aromatic rings. The number of methoxy groups -OCH3 is 1. The van der Waals surface area contributed by atoms with E-state index >= 15 is 0 Å². The number of aromatic nitrogens is 1. The van der Waals surface area contributed by atoms with Gasteiger partial charge in [0.25, 0.3) is 5.91 Å². The molecule has 6 heteroatoms. The quantitative estimate of drug-likeness (QED) is 0.780. The van der Waals surface area contributed by atoms with Gasteiger partial charge < -0.3 is 20.1 Å². The van der Waals surface area contributed by atoms with Crippen molar-refractivity contribution in [1.29, 1.82) is 0 Å². The normalized spacial score (nSPS) is 21.1. The molecule has 6 nitrogen and oxygen atoms in total. The maximum Gasteiger partial charge on any atom is 0.256 e. The number of aliphatic hydroxyl groups is 1. The van der Waals surface area contributed by atoms with Gasteiger partial charge in [-0.15, -0.1) is 0 Å². The van der Waals surface area contributed by atoms with Crippen molar-refractivity contribution in [2.45, 2.75) is 38.3 Å². The number of H-pyrrole nitrogens is 1. The van der Waals surface area contributed by atoms with E-state index in [1.165, 1.54) is 13.3 Å². The molecule has 3 N–H and O–H groups in total. The number of rotatable bonds is 5. The summed E-state index contributed by atoms with van der Waals surface area (Å²) in [5, 5.41) is 12.8. The number of aliphatic hydroxyl groups excluding tert-OH is 1. The lowest BCUT2D eigenvalue weighted by Crippen LogP contribution is -2.47. The first kappa shape index (κ1) is 16.5. The highest BCUT2D eigenvalue weighted by atomic mass is 16.5. The number of carbonyl (C=O) groups excluding carboxylic acids is 1. The molecule has 1 amide bonds. The Morgan fingerprint density at radius 3 is 2.83 bits per heavy atom. The molecule has 3 rings (SSSR count). The smallest absolute Gasteiger partial charge is 0.256 e. The number of pyridine rings is 1. The van der Waals surface area contributed by atoms with E-state index in [4.69, 9.17) is 4.74 Å². The number of hydrogen-bond acceptors (Lipinski definition) is 4. The van der Waals surface area contributed by atoms with Crippen LogP contribution in [0.15, 0.2) is 29.2 Å². The number of hydrogen-bond donors (Lipinski definition) is 3. The molecular formula is C18H22N2O4. The Bertz CT molecular complexity index is 808. The van der Waals surface area contributed by atoms with Crippen LogP contribution in [0.2, 0.25) is 0 Å². The molecule has 1 saturated carbocycles. The minimum Gasteiger partial charge on any atom is -0.497 e. The number of carbonyl (C=O) groups is 1. The lowest BCUT2D eigenvalue weighted by molar-refractivity contribution is 0.0232. The predicted molar refractivity (Wildman–Crippen MR) is 91.4 cm³/mol. The molecule has 0 saturated heterocycles. The molecule has 128 valence electrons. The van der Waals surface area contributed by atoms with Crippen molar-refractivity contribution in [3.8, 4) is 5.75 Å². The Balaban J connectivity index is 1.86. The van der Waals surface area contributed by atoms with Gasteiger partial charge in [-0.05, 0) is 43.4 Å². The molecule has 0 aliphatic heterocycles. The monoisotopic (exact) mass is 330 g/mol. The number of ether oxygens (including phenoxy) is 1. The third kappa shape index (κ3) is 3.01. The Morgan fingerprint density at radius 2 is 2.21 bits per heavy atom. The molecule has 1 atom stereocenters. The van der Waals surface area contributed by atoms with Gasteiger partial charge in [0.15, 0.2) is 0 Å². The average molecular weight is 330 g/mol. The Hall–Kier alpha value is -2.34. The lowest BCUT2D eigenvalue weighted by Gasteiger charge is -2.37. The van der Waals surface area contributed by atoms with Gasteiger partial charge in [-0.3, -0.25) is 9.59 Å². The van der Waals surface area contributed by atoms with Gasteiger partial charge in [-0.2, -0.15) is 0 Å². The zero-order valence-electron chi connectivity index (χ0n) is 13.8. The fourth-order valence-corrected chi connectivity index (χ4v) is 3.25. The minimum absolute atomic E-state index is 0.0266. The van der Waals surface area contributed by atoms with Crippen LogP contribution in [0.1, 0.15) is 36.5 Å². The van der Waals surface area contributed by atoms with E-state index in [-0.39, 0.29) is 35.0 Å². The van der Waals surface area contributed by atoms with Crippen LogP contribution in [0.3, 0.4) is 0 Å². The molecule has 0 radical (unpaired) electrons. The second-order valence-corrected chi connectivity index (χ2v) is 6.32. The first-order valence-electron chi connectivity index (χ1n) is 8.21. The molecule has 1 aromatic carbocycles. The highest BCUT2D eigenvalue weighted by Gasteiger charge is 2.34. The van der Waals surface area contributed by atoms with E-state index in [1.54, 1.807) is 18.2 Å². The SMILES string of the molecule is CC[C@H](NC(=O)c1c[nH]c2ccc(OC)cc2c1=O)C1CC(O)C1. The van der Waals surface area contributed by atoms with Crippen LogP contribution in [0.4, 0.5) is 0 Å². The van der Waals surface area contributed by atoms with E-state index in [1.807, 2.05) is 6.92 Å². The zero-order valence-corrected chi connectivity index (χ0v) is 13.8. The number of nitrogens with one attached hydrogen (secondary N) is 2. The van der Waals surface area contributed by atoms with Crippen LogP contribution in [0.25, 0.3) is 10.9 Å². The van der Waals surface area contributed by atoms with Crippen LogP contribution in [0.5, 0.6) is 5.75 Å². The summed E-state index contributed by atoms with van der Waals surface area (Å²) in [5.74, 6) is 0.461. The largest absolute Gasteiger partial charge is 0.497 e. The molecular weight excluding hydrogens is 308 g/mol. The van der Waals surface area contributed by atoms with Gasteiger partial charge in [0, 0.05) is 23.1 Å². The highest BCUT2D eigenvalue weighted by Crippen LogP contribution is 2.31. The fraction of sp³-hybridized carbons (Fsp3) is 0.444. The summed E-state index contributed by atoms with van der Waals surface area (Å²) in [6.45, 7) is 1.99. The van der Waals surface area contributed by atoms with Crippen molar-refractivity contribution in [1.82, 2.24) is 10.3 Å². The van der Waals surface area contributed by atoms with Gasteiger partial charge in [0.1, 0.15) is 11.3 Å². The van der Waals surface area contributed by atoms with Crippen molar-refractivity contribution in [2.24, 2.45) is 5.92 Å². The first-order chi connectivity index (χ1) is 11.5. The number of fused-ring (bicyclic) bond motifs is 1. The van der Waals surface area contributed by atoms with E-state index < -0.39 is 0 Å². The van der Waals surface area contributed by atoms with E-state index in [9.17, 15) is 14.7 Å². The molecule has 0 spiro atoms. The molecule has 1 aliphatic carbocycles. The summed E-state index contributed by atoms with van der Waals surface area (Å²) in [6.07, 6.45) is 3.35. The van der Waals surface area contributed by atoms with Crippen LogP contribution in [0, 0.1) is 5.92 Å². The fourth-order valence-electron chi connectivity index (χ4n) is 3.25. The number of aromatic amines is 1. The summed E-state index contributed by atoms with van der Waals surface area (Å²) in [6, 6.07) is 5.11. The topological polar surface area (TPSA) is 91.4 Å². The number of amides is 1. The third-order valence-electron chi connectivity index (χ3n) is 4.81. The molecule has 0 unspecified atom stereocenters. The second kappa shape index (κ2) is 6.65. The van der Waals surface area contributed by atoms with Gasteiger partial charge in [-0.1, -0.05) is 6.92 Å². The molecule has 1 aliphatic rings. The Morgan fingerprint density at radius 1 is 1.46 bits per heavy atom. The maximum atomic E-state index is 12.6. The molecule has 1 aromatic heterocycles. The standard InChI is InChI=1S/C18H22N2O4/c1-3-15(10-6-11(21)7-10)20-18(23)14-9-19-16-5-4-12(24-2)8-13(16)17(14)22/h4-5,8-11,15,21H,3,6-7H2,1-2H3,(H,19,22)(H,20,23)/t10?,11?,15-/m0/s1. The summed E-state index contributed by atoms with van der Waals surface area (Å²) in [7, 11) is 1.53. The zero-order chi connectivity index (χ0) is 17.3. The second-order valence-electron chi connectivity index (χ2n) is 6.32. The molecule has 1 heterocycles. The van der Waals surface area contributed by atoms with Crippen molar-refractivity contribution in [3.63, 3.8) is 0 Å². The molecule has 0 bridgehead atoms. The Labute approximate surface area is 139 Å². The van der Waals surface area contributed by atoms with Crippen molar-refractivity contribution in [2.75, 3.05) is 7.11 Å². The van der Waals surface area contributed by atoms with E-state index in [0.717, 1.165) is 6.42 Å². The van der Waals surface area contributed by atoms with E-state index in [0.29, 0.717) is 29.5 Å². The van der Waals surface area contributed by atoms with E-state index in [2.05, 4.69) is 10.3 Å². The van der Waals surface area contributed by atoms with Crippen LogP contribution in [-0.2, 0) is 0 Å². The number of benzene rings is 1. The first-order valence-corrected chi connectivity index (χ1v) is 8.21. The van der Waals surface area contributed by atoms with Crippen LogP contribution < -0.4 is 15.5 Å². The van der Waals surface area contributed by atoms with Crippen molar-refractivity contribution in [3.05, 3.63) is 40.2 Å². The van der Waals surface area contributed by atoms with Crippen LogP contribution in [-0.4, -0.2) is 35.3 Å². The maximum absolute atomic E-state index is 12.6. The Kier molecular flexibility index (Phi) is 4.57. The van der Waals surface area contributed by atoms with Gasteiger partial charge >= 0.3 is 0 Å². The van der Waals surface area contributed by atoms with Crippen LogP contribution >= 0.6 is 0 Å². The summed E-state index contributed by atoms with van der Waals surface area (Å²) in [4.78, 5) is 28.2. The predicted octanol–water partition coefficient (Wildman–Crippen LogP) is 1.82. The highest BCUT2D eigenvalue weighted by molar-refractivity contribution is 5.97. The summed E-state index contributed by atoms with van der Waals surface area (Å²) >= 11 is 0. The average Bonchev–Trinajstić information content (AvgIpc) is 2.57. The third-order valence-corrected chi connectivity index (χ3v) is 4.81. The summed E-state index contributed by atoms with van der Waals surface area (Å²) < 4.78 is 5.15. The van der Waals surface area contributed by atoms with Gasteiger partial charge in [0.2, 0.25) is 5.43 Å². The lowest BCUT2D eigenvalue weighted by atomic mass is 9.76. The van der Waals surface area contributed by atoms with Gasteiger partial charge in [0.05, 0.1) is 13.2 Å². The van der Waals surface area contributed by atoms with Crippen molar-refractivity contribution < 1.29 is 14.6 Å². The summed E-state index contributed by atoms with van der Waals surface area (Å²) in [5.41, 5.74) is 0.434.